The van der Waals surface area contributed by atoms with Crippen molar-refractivity contribution in [3.8, 4) is 16.2 Å². The van der Waals surface area contributed by atoms with Crippen LogP contribution >= 0.6 is 22.9 Å². The second-order valence-electron chi connectivity index (χ2n) is 8.87. The zero-order valence-electron chi connectivity index (χ0n) is 20.9. The number of methoxy groups -OCH3 is 1. The summed E-state index contributed by atoms with van der Waals surface area (Å²) in [6.07, 6.45) is 8.50. The highest BCUT2D eigenvalue weighted by Crippen LogP contribution is 2.46. The molecule has 1 amide bonds. The van der Waals surface area contributed by atoms with Crippen LogP contribution in [0.1, 0.15) is 47.3 Å². The molecule has 0 radical (unpaired) electrons. The molecule has 0 bridgehead atoms. The van der Waals surface area contributed by atoms with Gasteiger partial charge in [0.1, 0.15) is 5.02 Å². The molecule has 1 fully saturated rings. The maximum Gasteiger partial charge on any atom is 0.351 e. The second-order valence-corrected chi connectivity index (χ2v) is 10.3. The zero-order chi connectivity index (χ0) is 27.1. The first-order valence-corrected chi connectivity index (χ1v) is 13.5. The van der Waals surface area contributed by atoms with Crippen LogP contribution in [0.15, 0.2) is 60.7 Å². The highest BCUT2D eigenvalue weighted by atomic mass is 35.5. The van der Waals surface area contributed by atoms with Gasteiger partial charge in [-0.25, -0.2) is 9.59 Å². The van der Waals surface area contributed by atoms with Crippen molar-refractivity contribution in [3.63, 3.8) is 0 Å². The summed E-state index contributed by atoms with van der Waals surface area (Å²) < 4.78 is 10.2. The third-order valence-electron chi connectivity index (χ3n) is 6.30. The molecule has 0 saturated heterocycles. The molecule has 3 aromatic rings. The molecule has 4 rings (SSSR count). The molecule has 1 heterocycles. The topological polar surface area (TPSA) is 93.1 Å². The first kappa shape index (κ1) is 27.4. The third-order valence-corrected chi connectivity index (χ3v) is 7.97. The van der Waals surface area contributed by atoms with Gasteiger partial charge in [0.05, 0.1) is 12.0 Å². The predicted octanol–water partition coefficient (Wildman–Crippen LogP) is 6.70. The van der Waals surface area contributed by atoms with Crippen LogP contribution in [0.4, 0.5) is 5.69 Å². The summed E-state index contributed by atoms with van der Waals surface area (Å²) >= 11 is 7.66. The van der Waals surface area contributed by atoms with Crippen LogP contribution in [0.5, 0.6) is 5.75 Å². The van der Waals surface area contributed by atoms with E-state index in [1.807, 2.05) is 65.6 Å². The Bertz CT molecular complexity index is 1330. The fourth-order valence-corrected chi connectivity index (χ4v) is 6.02. The number of benzene rings is 2. The molecule has 2 aromatic carbocycles. The Morgan fingerprint density at radius 1 is 1.08 bits per heavy atom. The van der Waals surface area contributed by atoms with E-state index in [0.717, 1.165) is 49.0 Å². The van der Waals surface area contributed by atoms with Crippen molar-refractivity contribution >= 4 is 52.5 Å². The number of carbonyl (C=O) groups is 3. The average Bonchev–Trinajstić information content (AvgIpc) is 3.27. The number of anilines is 1. The summed E-state index contributed by atoms with van der Waals surface area (Å²) in [7, 11) is 1.23. The van der Waals surface area contributed by atoms with Gasteiger partial charge < -0.3 is 19.5 Å². The Balaban J connectivity index is 1.72. The Kier molecular flexibility index (Phi) is 9.20. The minimum Gasteiger partial charge on any atom is -0.479 e. The van der Waals surface area contributed by atoms with Crippen LogP contribution in [0.3, 0.4) is 0 Å². The van der Waals surface area contributed by atoms with Gasteiger partial charge in [-0.15, -0.1) is 11.3 Å². The molecule has 0 aliphatic heterocycles. The summed E-state index contributed by atoms with van der Waals surface area (Å²) in [6, 6.07) is 17.1. The van der Waals surface area contributed by atoms with Crippen molar-refractivity contribution in [1.29, 1.82) is 0 Å². The number of carbonyl (C=O) groups excluding carboxylic acids is 2. The fourth-order valence-electron chi connectivity index (χ4n) is 4.54. The molecular weight excluding hydrogens is 526 g/mol. The number of rotatable bonds is 9. The molecule has 9 heteroatoms. The number of carboxylic acid groups (broad SMARTS) is 1. The lowest BCUT2D eigenvalue weighted by atomic mass is 9.93. The van der Waals surface area contributed by atoms with Crippen molar-refractivity contribution in [2.75, 3.05) is 18.6 Å². The van der Waals surface area contributed by atoms with Crippen molar-refractivity contribution in [1.82, 2.24) is 0 Å². The van der Waals surface area contributed by atoms with E-state index >= 15 is 0 Å². The van der Waals surface area contributed by atoms with Gasteiger partial charge in [-0.1, -0.05) is 73.3 Å². The van der Waals surface area contributed by atoms with Crippen LogP contribution < -0.4 is 9.64 Å². The molecule has 1 N–H and O–H groups in total. The van der Waals surface area contributed by atoms with Crippen LogP contribution in [0, 0.1) is 0 Å². The van der Waals surface area contributed by atoms with E-state index in [0.29, 0.717) is 16.1 Å². The molecular formula is C29H28ClNO6S. The fraction of sp³-hybridized carbons (Fsp3) is 0.276. The van der Waals surface area contributed by atoms with Gasteiger partial charge in [0.15, 0.2) is 17.2 Å². The molecule has 0 unspecified atom stereocenters. The number of nitrogens with zero attached hydrogens (tertiary/aromatic N) is 1. The second kappa shape index (κ2) is 12.8. The number of esters is 1. The Hall–Kier alpha value is -3.62. The minimum atomic E-state index is -1.20. The van der Waals surface area contributed by atoms with Gasteiger partial charge in [0, 0.05) is 17.8 Å². The smallest absolute Gasteiger partial charge is 0.351 e. The van der Waals surface area contributed by atoms with E-state index in [1.165, 1.54) is 7.11 Å². The summed E-state index contributed by atoms with van der Waals surface area (Å²) in [4.78, 5) is 39.4. The van der Waals surface area contributed by atoms with Crippen molar-refractivity contribution < 1.29 is 29.0 Å². The van der Waals surface area contributed by atoms with Crippen LogP contribution in [-0.4, -0.2) is 42.7 Å². The van der Waals surface area contributed by atoms with Crippen molar-refractivity contribution in [3.05, 3.63) is 76.1 Å². The number of thiophene rings is 1. The Morgan fingerprint density at radius 2 is 1.82 bits per heavy atom. The number of ether oxygens (including phenoxy) is 2. The Labute approximate surface area is 230 Å². The van der Waals surface area contributed by atoms with Gasteiger partial charge in [-0.3, -0.25) is 4.79 Å². The summed E-state index contributed by atoms with van der Waals surface area (Å²) in [6.45, 7) is -0.655. The van der Waals surface area contributed by atoms with E-state index in [9.17, 15) is 14.4 Å². The average molecular weight is 554 g/mol. The third kappa shape index (κ3) is 6.44. The predicted molar refractivity (Wildman–Crippen MR) is 149 cm³/mol. The maximum absolute atomic E-state index is 13.5. The Morgan fingerprint density at radius 3 is 2.50 bits per heavy atom. The van der Waals surface area contributed by atoms with E-state index in [1.54, 1.807) is 6.08 Å². The first-order valence-electron chi connectivity index (χ1n) is 12.3. The molecule has 1 aliphatic rings. The lowest BCUT2D eigenvalue weighted by Crippen LogP contribution is -2.40. The number of hydrogen-bond donors (Lipinski definition) is 1. The molecule has 0 spiro atoms. The number of hydrogen-bond acceptors (Lipinski definition) is 6. The zero-order valence-corrected chi connectivity index (χ0v) is 22.5. The lowest BCUT2D eigenvalue weighted by molar-refractivity contribution is -0.139. The van der Waals surface area contributed by atoms with Gasteiger partial charge in [-0.05, 0) is 42.2 Å². The van der Waals surface area contributed by atoms with E-state index in [2.05, 4.69) is 0 Å². The summed E-state index contributed by atoms with van der Waals surface area (Å²) in [5, 5.41) is 9.16. The minimum absolute atomic E-state index is 0.0303. The molecule has 1 saturated carbocycles. The number of aliphatic carboxylic acids is 1. The number of halogens is 1. The monoisotopic (exact) mass is 553 g/mol. The van der Waals surface area contributed by atoms with Gasteiger partial charge in [-0.2, -0.15) is 0 Å². The molecule has 7 nitrogen and oxygen atoms in total. The molecule has 0 atom stereocenters. The van der Waals surface area contributed by atoms with Crippen LogP contribution in [-0.2, 0) is 14.3 Å². The largest absolute Gasteiger partial charge is 0.479 e. The number of amides is 1. The number of carboxylic acids is 1. The lowest BCUT2D eigenvalue weighted by Gasteiger charge is -2.34. The molecule has 1 aromatic heterocycles. The normalized spacial score (nSPS) is 13.8. The highest BCUT2D eigenvalue weighted by molar-refractivity contribution is 7.18. The maximum atomic E-state index is 13.5. The van der Waals surface area contributed by atoms with Crippen LogP contribution in [0.25, 0.3) is 16.5 Å². The summed E-state index contributed by atoms with van der Waals surface area (Å²) in [5.74, 6) is -2.02. The standard InChI is InChI=1S/C29H28ClNO6S/c1-36-29(35)28-26(37-18-24(33)34)25(30)27(38-28)20-11-8-14-22(17-20)31(21-12-6-3-7-13-21)23(32)16-15-19-9-4-2-5-10-19/h2,4-5,8-11,14-17,21H,3,6-7,12-13,18H2,1H3,(H,33,34). The SMILES string of the molecule is COC(=O)c1sc(-c2cccc(N(C(=O)C=Cc3ccccc3)C3CCCCC3)c2)c(Cl)c1OCC(=O)O. The van der Waals surface area contributed by atoms with Gasteiger partial charge >= 0.3 is 11.9 Å². The van der Waals surface area contributed by atoms with E-state index < -0.39 is 18.5 Å². The molecule has 1 aliphatic carbocycles. The highest BCUT2D eigenvalue weighted by Gasteiger charge is 2.28. The first-order chi connectivity index (χ1) is 18.4. The van der Waals surface area contributed by atoms with Gasteiger partial charge in [0.2, 0.25) is 0 Å². The van der Waals surface area contributed by atoms with Crippen LogP contribution in [0.2, 0.25) is 5.02 Å². The van der Waals surface area contributed by atoms with Crippen molar-refractivity contribution in [2.24, 2.45) is 0 Å². The van der Waals surface area contributed by atoms with E-state index in [4.69, 9.17) is 26.2 Å². The molecule has 198 valence electrons. The molecule has 38 heavy (non-hydrogen) atoms. The summed E-state index contributed by atoms with van der Waals surface area (Å²) in [5.41, 5.74) is 2.33. The van der Waals surface area contributed by atoms with E-state index in [-0.39, 0.29) is 27.6 Å². The van der Waals surface area contributed by atoms with Gasteiger partial charge in [0.25, 0.3) is 5.91 Å². The van der Waals surface area contributed by atoms with Crippen molar-refractivity contribution in [2.45, 2.75) is 38.1 Å². The quantitative estimate of drug-likeness (QED) is 0.234.